The number of hydrogen-bond acceptors (Lipinski definition) is 5. The summed E-state index contributed by atoms with van der Waals surface area (Å²) >= 11 is 13.6. The van der Waals surface area contributed by atoms with Gasteiger partial charge in [-0.25, -0.2) is 0 Å². The SMILES string of the molecule is COc1cccc2cc(-c3nnc(SCc4ccc(Cl)c(Cl)c4)n3C)oc12. The second-order valence-corrected chi connectivity index (χ2v) is 7.65. The van der Waals surface area contributed by atoms with Gasteiger partial charge < -0.3 is 13.7 Å². The molecule has 138 valence electrons. The highest BCUT2D eigenvalue weighted by molar-refractivity contribution is 7.98. The third-order valence-electron chi connectivity index (χ3n) is 4.14. The Morgan fingerprint density at radius 3 is 2.74 bits per heavy atom. The second-order valence-electron chi connectivity index (χ2n) is 5.89. The van der Waals surface area contributed by atoms with Crippen LogP contribution in [-0.4, -0.2) is 21.9 Å². The van der Waals surface area contributed by atoms with Gasteiger partial charge in [-0.2, -0.15) is 0 Å². The molecule has 0 spiro atoms. The minimum atomic E-state index is 0.546. The Morgan fingerprint density at radius 1 is 1.11 bits per heavy atom. The molecule has 0 amide bonds. The van der Waals surface area contributed by atoms with Gasteiger partial charge in [0.2, 0.25) is 0 Å². The van der Waals surface area contributed by atoms with Crippen molar-refractivity contribution >= 4 is 45.9 Å². The molecule has 0 unspecified atom stereocenters. The van der Waals surface area contributed by atoms with Gasteiger partial charge in [0.15, 0.2) is 28.1 Å². The maximum atomic E-state index is 6.08. The molecule has 5 nitrogen and oxygen atoms in total. The second kappa shape index (κ2) is 7.46. The lowest BCUT2D eigenvalue weighted by molar-refractivity contribution is 0.410. The van der Waals surface area contributed by atoms with Crippen molar-refractivity contribution in [3.05, 3.63) is 58.1 Å². The Kier molecular flexibility index (Phi) is 5.04. The number of para-hydroxylation sites is 1. The van der Waals surface area contributed by atoms with Crippen molar-refractivity contribution in [1.29, 1.82) is 0 Å². The smallest absolute Gasteiger partial charge is 0.200 e. The number of aromatic nitrogens is 3. The first-order valence-electron chi connectivity index (χ1n) is 8.10. The number of furan rings is 1. The molecular weight excluding hydrogens is 405 g/mol. The number of hydrogen-bond donors (Lipinski definition) is 0. The molecule has 0 N–H and O–H groups in total. The summed E-state index contributed by atoms with van der Waals surface area (Å²) < 4.78 is 13.2. The molecular formula is C19H15Cl2N3O2S. The van der Waals surface area contributed by atoms with Crippen molar-refractivity contribution in [2.45, 2.75) is 10.9 Å². The number of fused-ring (bicyclic) bond motifs is 1. The van der Waals surface area contributed by atoms with Crippen LogP contribution in [0.4, 0.5) is 0 Å². The molecule has 4 rings (SSSR count). The van der Waals surface area contributed by atoms with Crippen molar-refractivity contribution in [1.82, 2.24) is 14.8 Å². The molecule has 27 heavy (non-hydrogen) atoms. The van der Waals surface area contributed by atoms with Crippen LogP contribution in [0.1, 0.15) is 5.56 Å². The van der Waals surface area contributed by atoms with Crippen molar-refractivity contribution in [2.24, 2.45) is 7.05 Å². The molecule has 0 radical (unpaired) electrons. The van der Waals surface area contributed by atoms with Crippen LogP contribution in [0.25, 0.3) is 22.6 Å². The highest BCUT2D eigenvalue weighted by Crippen LogP contribution is 2.34. The summed E-state index contributed by atoms with van der Waals surface area (Å²) in [5, 5.41) is 11.4. The third-order valence-corrected chi connectivity index (χ3v) is 5.97. The Morgan fingerprint density at radius 2 is 1.96 bits per heavy atom. The lowest BCUT2D eigenvalue weighted by Gasteiger charge is -2.04. The topological polar surface area (TPSA) is 53.1 Å². The van der Waals surface area contributed by atoms with E-state index in [0.29, 0.717) is 38.7 Å². The van der Waals surface area contributed by atoms with Gasteiger partial charge in [-0.15, -0.1) is 10.2 Å². The summed E-state index contributed by atoms with van der Waals surface area (Å²) in [6, 6.07) is 13.3. The standard InChI is InChI=1S/C19H15Cl2N3O2S/c1-24-18(16-9-12-4-3-5-15(25-2)17(12)26-16)22-23-19(24)27-10-11-6-7-13(20)14(21)8-11/h3-9H,10H2,1-2H3. The van der Waals surface area contributed by atoms with Gasteiger partial charge in [-0.1, -0.05) is 53.2 Å². The van der Waals surface area contributed by atoms with E-state index in [2.05, 4.69) is 10.2 Å². The lowest BCUT2D eigenvalue weighted by Crippen LogP contribution is -1.94. The average Bonchev–Trinajstić information content (AvgIpc) is 3.25. The molecule has 4 aromatic rings. The summed E-state index contributed by atoms with van der Waals surface area (Å²) in [5.41, 5.74) is 1.76. The number of rotatable bonds is 5. The predicted molar refractivity (Wildman–Crippen MR) is 109 cm³/mol. The molecule has 0 atom stereocenters. The quantitative estimate of drug-likeness (QED) is 0.380. The maximum absolute atomic E-state index is 6.08. The first-order chi connectivity index (χ1) is 13.1. The van der Waals surface area contributed by atoms with Crippen molar-refractivity contribution < 1.29 is 9.15 Å². The molecule has 0 saturated carbocycles. The fraction of sp³-hybridized carbons (Fsp3) is 0.158. The van der Waals surface area contributed by atoms with Crippen molar-refractivity contribution in [3.63, 3.8) is 0 Å². The molecule has 0 saturated heterocycles. The van der Waals surface area contributed by atoms with Crippen LogP contribution in [0, 0.1) is 0 Å². The van der Waals surface area contributed by atoms with E-state index in [9.17, 15) is 0 Å². The number of thioether (sulfide) groups is 1. The number of nitrogens with zero attached hydrogens (tertiary/aromatic N) is 3. The van der Waals surface area contributed by atoms with Gasteiger partial charge in [0.05, 0.1) is 17.2 Å². The van der Waals surface area contributed by atoms with E-state index in [4.69, 9.17) is 32.4 Å². The van der Waals surface area contributed by atoms with Crippen LogP contribution < -0.4 is 4.74 Å². The van der Waals surface area contributed by atoms with Crippen LogP contribution >= 0.6 is 35.0 Å². The van der Waals surface area contributed by atoms with Crippen molar-refractivity contribution in [2.75, 3.05) is 7.11 Å². The normalized spacial score (nSPS) is 11.3. The minimum Gasteiger partial charge on any atom is -0.493 e. The van der Waals surface area contributed by atoms with Gasteiger partial charge in [0.25, 0.3) is 0 Å². The van der Waals surface area contributed by atoms with Crippen LogP contribution in [0.15, 0.2) is 52.0 Å². The number of benzene rings is 2. The molecule has 0 fully saturated rings. The van der Waals surface area contributed by atoms with Gasteiger partial charge >= 0.3 is 0 Å². The zero-order valence-electron chi connectivity index (χ0n) is 14.6. The summed E-state index contributed by atoms with van der Waals surface area (Å²) in [4.78, 5) is 0. The Balaban J connectivity index is 1.59. The zero-order chi connectivity index (χ0) is 19.0. The van der Waals surface area contributed by atoms with E-state index < -0.39 is 0 Å². The molecule has 2 aromatic heterocycles. The summed E-state index contributed by atoms with van der Waals surface area (Å²) in [6.45, 7) is 0. The molecule has 0 aliphatic rings. The monoisotopic (exact) mass is 419 g/mol. The minimum absolute atomic E-state index is 0.546. The zero-order valence-corrected chi connectivity index (χ0v) is 16.9. The van der Waals surface area contributed by atoms with E-state index in [1.165, 1.54) is 0 Å². The average molecular weight is 420 g/mol. The Bertz CT molecular complexity index is 1120. The van der Waals surface area contributed by atoms with E-state index in [-0.39, 0.29) is 0 Å². The van der Waals surface area contributed by atoms with Gasteiger partial charge in [-0.05, 0) is 29.8 Å². The van der Waals surface area contributed by atoms with Gasteiger partial charge in [0.1, 0.15) is 0 Å². The van der Waals surface area contributed by atoms with Gasteiger partial charge in [-0.3, -0.25) is 0 Å². The van der Waals surface area contributed by atoms with Crippen LogP contribution in [0.3, 0.4) is 0 Å². The van der Waals surface area contributed by atoms with Crippen LogP contribution in [-0.2, 0) is 12.8 Å². The van der Waals surface area contributed by atoms with Crippen LogP contribution in [0.2, 0.25) is 10.0 Å². The predicted octanol–water partition coefficient (Wildman–Crippen LogP) is 5.84. The Labute approximate surface area is 170 Å². The number of halogens is 2. The van der Waals surface area contributed by atoms with Crippen LogP contribution in [0.5, 0.6) is 5.75 Å². The van der Waals surface area contributed by atoms with E-state index in [1.54, 1.807) is 24.9 Å². The highest BCUT2D eigenvalue weighted by atomic mass is 35.5. The molecule has 0 bridgehead atoms. The fourth-order valence-electron chi connectivity index (χ4n) is 2.74. The fourth-order valence-corrected chi connectivity index (χ4v) is 3.91. The molecule has 2 heterocycles. The Hall–Kier alpha value is -2.15. The number of ether oxygens (including phenoxy) is 1. The summed E-state index contributed by atoms with van der Waals surface area (Å²) in [7, 11) is 3.54. The molecule has 0 aliphatic carbocycles. The highest BCUT2D eigenvalue weighted by Gasteiger charge is 2.17. The molecule has 0 aliphatic heterocycles. The lowest BCUT2D eigenvalue weighted by atomic mass is 10.2. The summed E-state index contributed by atoms with van der Waals surface area (Å²) in [6.07, 6.45) is 0. The molecule has 8 heteroatoms. The van der Waals surface area contributed by atoms with Gasteiger partial charge in [0, 0.05) is 18.2 Å². The van der Waals surface area contributed by atoms with Crippen molar-refractivity contribution in [3.8, 4) is 17.3 Å². The first-order valence-corrected chi connectivity index (χ1v) is 9.84. The van der Waals surface area contributed by atoms with E-state index >= 15 is 0 Å². The summed E-state index contributed by atoms with van der Waals surface area (Å²) in [5.74, 6) is 2.70. The largest absolute Gasteiger partial charge is 0.493 e. The third kappa shape index (κ3) is 3.52. The van der Waals surface area contributed by atoms with E-state index in [1.807, 2.05) is 48.0 Å². The molecule has 2 aromatic carbocycles. The number of methoxy groups -OCH3 is 1. The maximum Gasteiger partial charge on any atom is 0.200 e. The van der Waals surface area contributed by atoms with E-state index in [0.717, 1.165) is 16.1 Å². The first kappa shape index (κ1) is 18.2.